The highest BCUT2D eigenvalue weighted by molar-refractivity contribution is 6.15. The van der Waals surface area contributed by atoms with Gasteiger partial charge in [-0.15, -0.1) is 0 Å². The largest absolute Gasteiger partial charge is 0.323 e. The van der Waals surface area contributed by atoms with Gasteiger partial charge in [-0.05, 0) is 113 Å². The van der Waals surface area contributed by atoms with E-state index in [9.17, 15) is 0 Å². The fourth-order valence-electron chi connectivity index (χ4n) is 7.43. The molecule has 0 spiro atoms. The summed E-state index contributed by atoms with van der Waals surface area (Å²) in [5.41, 5.74) is 15.6. The Bertz CT molecular complexity index is 2190. The lowest BCUT2D eigenvalue weighted by molar-refractivity contribution is 0.863. The third kappa shape index (κ3) is 4.39. The third-order valence-corrected chi connectivity index (χ3v) is 9.51. The average molecular weight is 594 g/mol. The number of aliphatic imine (C=N–C) groups is 1. The SMILES string of the molecule is C=C/C=C(\C(=C/C)N=C)N1CN(c2cccc(-c3ccc4c(c3)-c3cccc5cccc-4c35)c2)C2=C(CCC=C2)c2ccccc21. The molecule has 0 fully saturated rings. The smallest absolute Gasteiger partial charge is 0.100 e. The number of rotatable bonds is 6. The highest BCUT2D eigenvalue weighted by Gasteiger charge is 2.30. The van der Waals surface area contributed by atoms with Gasteiger partial charge in [-0.25, -0.2) is 0 Å². The first-order valence-electron chi connectivity index (χ1n) is 16.0. The van der Waals surface area contributed by atoms with Crippen LogP contribution < -0.4 is 9.80 Å². The monoisotopic (exact) mass is 593 g/mol. The number of hydrogen-bond acceptors (Lipinski definition) is 3. The molecule has 46 heavy (non-hydrogen) atoms. The molecule has 0 atom stereocenters. The number of hydrogen-bond donors (Lipinski definition) is 0. The van der Waals surface area contributed by atoms with Crippen molar-refractivity contribution in [2.24, 2.45) is 4.99 Å². The summed E-state index contributed by atoms with van der Waals surface area (Å²) in [4.78, 5) is 9.22. The van der Waals surface area contributed by atoms with Crippen molar-refractivity contribution in [3.05, 3.63) is 163 Å². The van der Waals surface area contributed by atoms with Crippen LogP contribution in [0.4, 0.5) is 11.4 Å². The lowest BCUT2D eigenvalue weighted by atomic mass is 9.93. The molecule has 5 aromatic carbocycles. The Balaban J connectivity index is 1.26. The maximum Gasteiger partial charge on any atom is 0.100 e. The summed E-state index contributed by atoms with van der Waals surface area (Å²) in [5, 5.41) is 2.65. The standard InChI is InChI=1S/C43H35N3/c1-4-13-42(39(5-2)44-3)46-28-45(40-22-8-6-18-34(40)35-19-7-9-23-41(35)46)32-17-10-16-30(26-32)31-24-25-33-36-20-11-14-29-15-12-21-37(43(29)36)38(33)27-31/h4-5,7-17,19-27H,1,3,6,18,28H2,2H3/b39-5+,42-13+. The van der Waals surface area contributed by atoms with Crippen LogP contribution in [-0.4, -0.2) is 13.4 Å². The maximum atomic E-state index is 4.41. The van der Waals surface area contributed by atoms with Crippen LogP contribution in [0.5, 0.6) is 0 Å². The van der Waals surface area contributed by atoms with E-state index in [0.717, 1.165) is 35.6 Å². The number of benzene rings is 5. The summed E-state index contributed by atoms with van der Waals surface area (Å²) in [6, 6.07) is 37.9. The van der Waals surface area contributed by atoms with Crippen molar-refractivity contribution >= 4 is 34.4 Å². The van der Waals surface area contributed by atoms with Gasteiger partial charge in [-0.3, -0.25) is 4.99 Å². The summed E-state index contributed by atoms with van der Waals surface area (Å²) in [6.07, 6.45) is 12.5. The highest BCUT2D eigenvalue weighted by Crippen LogP contribution is 2.49. The topological polar surface area (TPSA) is 18.8 Å². The summed E-state index contributed by atoms with van der Waals surface area (Å²) < 4.78 is 0. The van der Waals surface area contributed by atoms with Gasteiger partial charge in [-0.1, -0.05) is 104 Å². The fraction of sp³-hybridized carbons (Fsp3) is 0.0930. The quantitative estimate of drug-likeness (QED) is 0.141. The molecular weight excluding hydrogens is 558 g/mol. The molecular formula is C43H35N3. The molecule has 1 aliphatic heterocycles. The number of fused-ring (bicyclic) bond motifs is 5. The van der Waals surface area contributed by atoms with Gasteiger partial charge in [0.05, 0.1) is 17.1 Å². The molecule has 1 heterocycles. The van der Waals surface area contributed by atoms with E-state index in [-0.39, 0.29) is 0 Å². The first-order chi connectivity index (χ1) is 22.7. The zero-order chi connectivity index (χ0) is 31.2. The molecule has 3 heteroatoms. The van der Waals surface area contributed by atoms with Crippen molar-refractivity contribution < 1.29 is 0 Å². The van der Waals surface area contributed by atoms with Crippen LogP contribution in [0.2, 0.25) is 0 Å². The molecule has 222 valence electrons. The molecule has 0 saturated carbocycles. The maximum absolute atomic E-state index is 4.41. The normalized spacial score (nSPS) is 15.4. The molecule has 3 aliphatic rings. The van der Waals surface area contributed by atoms with Gasteiger partial charge < -0.3 is 9.80 Å². The minimum atomic E-state index is 0.609. The molecule has 2 aliphatic carbocycles. The van der Waals surface area contributed by atoms with Crippen molar-refractivity contribution in [1.29, 1.82) is 0 Å². The van der Waals surface area contributed by atoms with E-state index >= 15 is 0 Å². The number of para-hydroxylation sites is 1. The van der Waals surface area contributed by atoms with Crippen LogP contribution in [0.25, 0.3) is 49.7 Å². The van der Waals surface area contributed by atoms with Crippen molar-refractivity contribution in [2.45, 2.75) is 19.8 Å². The van der Waals surface area contributed by atoms with E-state index in [2.05, 4.69) is 143 Å². The van der Waals surface area contributed by atoms with Crippen molar-refractivity contribution in [3.8, 4) is 33.4 Å². The zero-order valence-corrected chi connectivity index (χ0v) is 26.1. The lowest BCUT2D eigenvalue weighted by Gasteiger charge is -2.34. The van der Waals surface area contributed by atoms with Crippen LogP contribution in [0.3, 0.4) is 0 Å². The Labute approximate surface area is 271 Å². The van der Waals surface area contributed by atoms with Gasteiger partial charge in [0.15, 0.2) is 0 Å². The second-order valence-corrected chi connectivity index (χ2v) is 12.0. The van der Waals surface area contributed by atoms with Crippen LogP contribution in [0, 0.1) is 0 Å². The van der Waals surface area contributed by atoms with E-state index < -0.39 is 0 Å². The van der Waals surface area contributed by atoms with E-state index in [0.29, 0.717) is 6.67 Å². The average Bonchev–Trinajstić information content (AvgIpc) is 3.35. The minimum Gasteiger partial charge on any atom is -0.323 e. The molecule has 3 nitrogen and oxygen atoms in total. The Hall–Kier alpha value is -5.67. The zero-order valence-electron chi connectivity index (χ0n) is 26.1. The Morgan fingerprint density at radius 1 is 0.783 bits per heavy atom. The van der Waals surface area contributed by atoms with Gasteiger partial charge >= 0.3 is 0 Å². The molecule has 0 amide bonds. The van der Waals surface area contributed by atoms with Crippen LogP contribution in [0.1, 0.15) is 25.3 Å². The van der Waals surface area contributed by atoms with Gasteiger partial charge in [0.2, 0.25) is 0 Å². The van der Waals surface area contributed by atoms with E-state index in [1.807, 2.05) is 25.2 Å². The first-order valence-corrected chi connectivity index (χ1v) is 16.0. The first kappa shape index (κ1) is 27.8. The van der Waals surface area contributed by atoms with Gasteiger partial charge in [-0.2, -0.15) is 0 Å². The minimum absolute atomic E-state index is 0.609. The van der Waals surface area contributed by atoms with E-state index in [4.69, 9.17) is 0 Å². The number of nitrogens with zero attached hydrogens (tertiary/aromatic N) is 3. The predicted octanol–water partition coefficient (Wildman–Crippen LogP) is 11.2. The van der Waals surface area contributed by atoms with E-state index in [1.54, 1.807) is 0 Å². The molecule has 0 saturated heterocycles. The van der Waals surface area contributed by atoms with Gasteiger partial charge in [0.1, 0.15) is 6.67 Å². The molecule has 0 N–H and O–H groups in total. The number of anilines is 2. The summed E-state index contributed by atoms with van der Waals surface area (Å²) in [5.74, 6) is 0. The highest BCUT2D eigenvalue weighted by atomic mass is 15.3. The van der Waals surface area contributed by atoms with E-state index in [1.165, 1.54) is 61.0 Å². The molecule has 5 aromatic rings. The molecule has 8 rings (SSSR count). The number of allylic oxidation sites excluding steroid dienone is 6. The van der Waals surface area contributed by atoms with Crippen molar-refractivity contribution in [3.63, 3.8) is 0 Å². The molecule has 0 radical (unpaired) electrons. The summed E-state index contributed by atoms with van der Waals surface area (Å²) in [7, 11) is 0. The van der Waals surface area contributed by atoms with Crippen LogP contribution in [0.15, 0.2) is 162 Å². The Morgan fingerprint density at radius 3 is 2.35 bits per heavy atom. The molecule has 0 bridgehead atoms. The summed E-state index contributed by atoms with van der Waals surface area (Å²) >= 11 is 0. The Kier molecular flexibility index (Phi) is 6.88. The lowest BCUT2D eigenvalue weighted by Crippen LogP contribution is -2.36. The molecule has 0 unspecified atom stereocenters. The van der Waals surface area contributed by atoms with Gasteiger partial charge in [0, 0.05) is 16.9 Å². The second-order valence-electron chi connectivity index (χ2n) is 12.0. The van der Waals surface area contributed by atoms with Crippen LogP contribution >= 0.6 is 0 Å². The molecule has 0 aromatic heterocycles. The van der Waals surface area contributed by atoms with Crippen LogP contribution in [-0.2, 0) is 0 Å². The third-order valence-electron chi connectivity index (χ3n) is 9.51. The van der Waals surface area contributed by atoms with Crippen molar-refractivity contribution in [2.75, 3.05) is 16.5 Å². The van der Waals surface area contributed by atoms with Crippen molar-refractivity contribution in [1.82, 2.24) is 0 Å². The Morgan fingerprint density at radius 2 is 1.54 bits per heavy atom. The second kappa shape index (κ2) is 11.4. The van der Waals surface area contributed by atoms with Gasteiger partial charge in [0.25, 0.3) is 0 Å². The fourth-order valence-corrected chi connectivity index (χ4v) is 7.43. The summed E-state index contributed by atoms with van der Waals surface area (Å²) in [6.45, 7) is 10.6. The predicted molar refractivity (Wildman–Crippen MR) is 197 cm³/mol.